The van der Waals surface area contributed by atoms with Gasteiger partial charge in [0.15, 0.2) is 0 Å². The van der Waals surface area contributed by atoms with E-state index in [1.54, 1.807) is 19.2 Å². The molecule has 1 aliphatic carbocycles. The molecule has 198 valence electrons. The van der Waals surface area contributed by atoms with E-state index in [1.807, 2.05) is 30.5 Å². The number of rotatable bonds is 11. The highest BCUT2D eigenvalue weighted by Crippen LogP contribution is 2.40. The molecule has 2 aromatic carbocycles. The highest BCUT2D eigenvalue weighted by Gasteiger charge is 2.24. The van der Waals surface area contributed by atoms with E-state index in [0.717, 1.165) is 67.0 Å². The number of aromatic amines is 1. The lowest BCUT2D eigenvalue weighted by Crippen LogP contribution is -2.20. The molecule has 0 saturated heterocycles. The Labute approximate surface area is 218 Å². The number of ether oxygens (including phenoxy) is 3. The largest absolute Gasteiger partial charge is 0.496 e. The third kappa shape index (κ3) is 6.45. The summed E-state index contributed by atoms with van der Waals surface area (Å²) in [7, 11) is 3.00. The van der Waals surface area contributed by atoms with Gasteiger partial charge in [-0.05, 0) is 68.0 Å². The van der Waals surface area contributed by atoms with Crippen molar-refractivity contribution in [2.75, 3.05) is 19.5 Å². The zero-order chi connectivity index (χ0) is 26.2. The standard InChI is InChI=1S/C30H38N2O5/c1-4-5-6-7-12-23(24-15-13-20(29(33)36-3)17-28(24)35-2)26-19-31-27-16-14-21(18-25(26)27)32-30(34)37-22-10-8-9-11-22/h13-19,22-23,31H,4-12H2,1-3H3,(H,32,34). The molecule has 0 radical (unpaired) electrons. The van der Waals surface area contributed by atoms with Crippen LogP contribution < -0.4 is 10.1 Å². The number of esters is 1. The number of fused-ring (bicyclic) bond motifs is 1. The number of anilines is 1. The molecule has 1 aliphatic rings. The Morgan fingerprint density at radius 3 is 2.57 bits per heavy atom. The Bertz CT molecular complexity index is 1210. The minimum atomic E-state index is -0.403. The van der Waals surface area contributed by atoms with E-state index < -0.39 is 12.1 Å². The fourth-order valence-corrected chi connectivity index (χ4v) is 5.31. The Hall–Kier alpha value is -3.48. The summed E-state index contributed by atoms with van der Waals surface area (Å²) < 4.78 is 16.2. The van der Waals surface area contributed by atoms with Gasteiger partial charge in [-0.1, -0.05) is 38.7 Å². The number of methoxy groups -OCH3 is 2. The highest BCUT2D eigenvalue weighted by atomic mass is 16.6. The SMILES string of the molecule is CCCCCCC(c1ccc(C(=O)OC)cc1OC)c1c[nH]c2ccc(NC(=O)OC3CCCC3)cc12. The first-order valence-corrected chi connectivity index (χ1v) is 13.4. The first kappa shape index (κ1) is 26.6. The molecule has 0 spiro atoms. The first-order chi connectivity index (χ1) is 18.0. The maximum Gasteiger partial charge on any atom is 0.411 e. The molecule has 1 unspecified atom stereocenters. The van der Waals surface area contributed by atoms with Gasteiger partial charge in [0.25, 0.3) is 0 Å². The van der Waals surface area contributed by atoms with Gasteiger partial charge < -0.3 is 19.2 Å². The van der Waals surface area contributed by atoms with Crippen molar-refractivity contribution in [1.29, 1.82) is 0 Å². The number of amides is 1. The number of hydrogen-bond acceptors (Lipinski definition) is 5. The Kier molecular flexibility index (Phi) is 9.09. The summed E-state index contributed by atoms with van der Waals surface area (Å²) in [5.41, 5.74) is 4.30. The quantitative estimate of drug-likeness (QED) is 0.207. The molecular weight excluding hydrogens is 468 g/mol. The second kappa shape index (κ2) is 12.7. The van der Waals surface area contributed by atoms with Crippen molar-refractivity contribution < 1.29 is 23.8 Å². The predicted octanol–water partition coefficient (Wildman–Crippen LogP) is 7.56. The van der Waals surface area contributed by atoms with Crippen LogP contribution in [0.4, 0.5) is 10.5 Å². The monoisotopic (exact) mass is 506 g/mol. The molecular formula is C30H38N2O5. The minimum Gasteiger partial charge on any atom is -0.496 e. The van der Waals surface area contributed by atoms with Crippen LogP contribution >= 0.6 is 0 Å². The molecule has 1 amide bonds. The van der Waals surface area contributed by atoms with Gasteiger partial charge in [0.2, 0.25) is 0 Å². The van der Waals surface area contributed by atoms with E-state index in [0.29, 0.717) is 17.0 Å². The number of carbonyl (C=O) groups excluding carboxylic acids is 2. The molecule has 37 heavy (non-hydrogen) atoms. The van der Waals surface area contributed by atoms with Crippen molar-refractivity contribution in [3.8, 4) is 5.75 Å². The molecule has 2 N–H and O–H groups in total. The maximum atomic E-state index is 12.5. The third-order valence-electron chi connectivity index (χ3n) is 7.29. The van der Waals surface area contributed by atoms with Crippen LogP contribution in [0, 0.1) is 0 Å². The lowest BCUT2D eigenvalue weighted by Gasteiger charge is -2.21. The number of aromatic nitrogens is 1. The molecule has 1 aromatic heterocycles. The van der Waals surface area contributed by atoms with Gasteiger partial charge in [-0.25, -0.2) is 9.59 Å². The molecule has 1 fully saturated rings. The van der Waals surface area contributed by atoms with Gasteiger partial charge in [-0.3, -0.25) is 5.32 Å². The van der Waals surface area contributed by atoms with Crippen molar-refractivity contribution in [2.45, 2.75) is 76.7 Å². The topological polar surface area (TPSA) is 89.7 Å². The van der Waals surface area contributed by atoms with Crippen LogP contribution in [0.2, 0.25) is 0 Å². The molecule has 4 rings (SSSR count). The minimum absolute atomic E-state index is 0.0134. The van der Waals surface area contributed by atoms with E-state index >= 15 is 0 Å². The zero-order valence-electron chi connectivity index (χ0n) is 22.1. The number of carbonyl (C=O) groups is 2. The summed E-state index contributed by atoms with van der Waals surface area (Å²) in [4.78, 5) is 28.0. The van der Waals surface area contributed by atoms with Crippen molar-refractivity contribution in [3.63, 3.8) is 0 Å². The Morgan fingerprint density at radius 2 is 1.84 bits per heavy atom. The van der Waals surface area contributed by atoms with Crippen molar-refractivity contribution in [2.24, 2.45) is 0 Å². The molecule has 3 aromatic rings. The van der Waals surface area contributed by atoms with E-state index in [4.69, 9.17) is 14.2 Å². The van der Waals surface area contributed by atoms with E-state index in [2.05, 4.69) is 17.2 Å². The predicted molar refractivity (Wildman–Crippen MR) is 146 cm³/mol. The molecule has 1 saturated carbocycles. The van der Waals surface area contributed by atoms with Gasteiger partial charge in [0.1, 0.15) is 11.9 Å². The lowest BCUT2D eigenvalue weighted by molar-refractivity contribution is 0.0600. The second-order valence-electron chi connectivity index (χ2n) is 9.79. The fourth-order valence-electron chi connectivity index (χ4n) is 5.31. The van der Waals surface area contributed by atoms with Gasteiger partial charge >= 0.3 is 12.1 Å². The average molecular weight is 507 g/mol. The smallest absolute Gasteiger partial charge is 0.411 e. The van der Waals surface area contributed by atoms with Crippen molar-refractivity contribution in [3.05, 3.63) is 59.3 Å². The van der Waals surface area contributed by atoms with Crippen LogP contribution in [0.25, 0.3) is 10.9 Å². The molecule has 1 heterocycles. The van der Waals surface area contributed by atoms with Crippen LogP contribution in [0.1, 0.15) is 92.1 Å². The van der Waals surface area contributed by atoms with Gasteiger partial charge in [0.05, 0.1) is 19.8 Å². The van der Waals surface area contributed by atoms with Crippen LogP contribution in [0.15, 0.2) is 42.6 Å². The summed E-state index contributed by atoms with van der Waals surface area (Å²) in [5.74, 6) is 0.316. The summed E-state index contributed by atoms with van der Waals surface area (Å²) in [5, 5.41) is 3.95. The number of benzene rings is 2. The molecule has 7 heteroatoms. The van der Waals surface area contributed by atoms with Crippen molar-refractivity contribution in [1.82, 2.24) is 4.98 Å². The lowest BCUT2D eigenvalue weighted by atomic mass is 9.85. The zero-order valence-corrected chi connectivity index (χ0v) is 22.1. The first-order valence-electron chi connectivity index (χ1n) is 13.4. The molecule has 0 aliphatic heterocycles. The van der Waals surface area contributed by atoms with Crippen LogP contribution in [-0.4, -0.2) is 37.4 Å². The Balaban J connectivity index is 1.65. The number of hydrogen-bond donors (Lipinski definition) is 2. The highest BCUT2D eigenvalue weighted by molar-refractivity contribution is 5.92. The molecule has 7 nitrogen and oxygen atoms in total. The summed E-state index contributed by atoms with van der Waals surface area (Å²) >= 11 is 0. The van der Waals surface area contributed by atoms with Crippen LogP contribution in [-0.2, 0) is 9.47 Å². The van der Waals surface area contributed by atoms with Gasteiger partial charge in [-0.2, -0.15) is 0 Å². The Morgan fingerprint density at radius 1 is 1.03 bits per heavy atom. The van der Waals surface area contributed by atoms with Gasteiger partial charge in [-0.15, -0.1) is 0 Å². The maximum absolute atomic E-state index is 12.5. The van der Waals surface area contributed by atoms with Crippen LogP contribution in [0.3, 0.4) is 0 Å². The van der Waals surface area contributed by atoms with E-state index in [1.165, 1.54) is 20.0 Å². The van der Waals surface area contributed by atoms with Crippen molar-refractivity contribution >= 4 is 28.7 Å². The van der Waals surface area contributed by atoms with E-state index in [-0.39, 0.29) is 12.0 Å². The third-order valence-corrected chi connectivity index (χ3v) is 7.29. The van der Waals surface area contributed by atoms with Gasteiger partial charge in [0, 0.05) is 34.3 Å². The summed E-state index contributed by atoms with van der Waals surface area (Å²) in [6.45, 7) is 2.21. The van der Waals surface area contributed by atoms with E-state index in [9.17, 15) is 9.59 Å². The van der Waals surface area contributed by atoms with Crippen LogP contribution in [0.5, 0.6) is 5.75 Å². The summed E-state index contributed by atoms with van der Waals surface area (Å²) in [6, 6.07) is 11.4. The average Bonchev–Trinajstić information content (AvgIpc) is 3.58. The molecule has 1 atom stereocenters. The number of unbranched alkanes of at least 4 members (excludes halogenated alkanes) is 3. The fraction of sp³-hybridized carbons (Fsp3) is 0.467. The summed E-state index contributed by atoms with van der Waals surface area (Å²) in [6.07, 6.45) is 11.3. The second-order valence-corrected chi connectivity index (χ2v) is 9.79. The normalized spacial score (nSPS) is 14.5. The molecule has 0 bridgehead atoms. The number of H-pyrrole nitrogens is 1. The number of nitrogens with one attached hydrogen (secondary N) is 2.